The maximum atomic E-state index is 5.56. The minimum atomic E-state index is 0.229. The van der Waals surface area contributed by atoms with Gasteiger partial charge in [0.25, 0.3) is 0 Å². The summed E-state index contributed by atoms with van der Waals surface area (Å²) in [5.74, 6) is 2.72. The first kappa shape index (κ1) is 10.4. The zero-order valence-electron chi connectivity index (χ0n) is 9.81. The van der Waals surface area contributed by atoms with E-state index in [9.17, 15) is 0 Å². The Bertz CT molecular complexity index is 456. The lowest BCUT2D eigenvalue weighted by Gasteiger charge is -2.15. The van der Waals surface area contributed by atoms with E-state index in [0.717, 1.165) is 30.4 Å². The number of nitrogens with zero attached hydrogens (tertiary/aromatic N) is 1. The molecule has 0 radical (unpaired) electrons. The fourth-order valence-electron chi connectivity index (χ4n) is 2.25. The molecule has 4 heteroatoms. The van der Waals surface area contributed by atoms with Crippen molar-refractivity contribution in [2.75, 3.05) is 19.9 Å². The Balaban J connectivity index is 1.91. The molecule has 17 heavy (non-hydrogen) atoms. The average molecular weight is 233 g/mol. The van der Waals surface area contributed by atoms with E-state index in [4.69, 9.17) is 14.2 Å². The van der Waals surface area contributed by atoms with Gasteiger partial charge in [0.2, 0.25) is 6.79 Å². The summed E-state index contributed by atoms with van der Waals surface area (Å²) in [5, 5.41) is 0. The Labute approximate surface area is 100 Å². The lowest BCUT2D eigenvalue weighted by molar-refractivity contribution is 0.174. The Hall–Kier alpha value is -1.71. The van der Waals surface area contributed by atoms with Crippen LogP contribution in [0.1, 0.15) is 24.8 Å². The van der Waals surface area contributed by atoms with E-state index in [1.807, 2.05) is 12.1 Å². The molecule has 2 aliphatic heterocycles. The SMILES string of the molecule is CCC(C1=NCCO1)c1ccc2c(c1)OCO2. The summed E-state index contributed by atoms with van der Waals surface area (Å²) >= 11 is 0. The van der Waals surface area contributed by atoms with E-state index in [1.165, 1.54) is 5.56 Å². The zero-order chi connectivity index (χ0) is 11.7. The van der Waals surface area contributed by atoms with Gasteiger partial charge in [-0.3, -0.25) is 4.99 Å². The molecular weight excluding hydrogens is 218 g/mol. The molecule has 0 amide bonds. The second kappa shape index (κ2) is 4.28. The van der Waals surface area contributed by atoms with Crippen molar-refractivity contribution in [3.63, 3.8) is 0 Å². The number of hydrogen-bond donors (Lipinski definition) is 0. The Morgan fingerprint density at radius 1 is 1.24 bits per heavy atom. The van der Waals surface area contributed by atoms with Gasteiger partial charge in [0, 0.05) is 0 Å². The molecule has 1 aromatic rings. The van der Waals surface area contributed by atoms with Gasteiger partial charge >= 0.3 is 0 Å². The maximum absolute atomic E-state index is 5.56. The fourth-order valence-corrected chi connectivity index (χ4v) is 2.25. The Kier molecular flexibility index (Phi) is 2.63. The van der Waals surface area contributed by atoms with Crippen LogP contribution in [0.15, 0.2) is 23.2 Å². The van der Waals surface area contributed by atoms with Gasteiger partial charge in [0.05, 0.1) is 12.5 Å². The molecule has 0 saturated heterocycles. The second-order valence-corrected chi connectivity index (χ2v) is 4.14. The molecule has 2 heterocycles. The monoisotopic (exact) mass is 233 g/mol. The van der Waals surface area contributed by atoms with Crippen LogP contribution >= 0.6 is 0 Å². The van der Waals surface area contributed by atoms with Gasteiger partial charge < -0.3 is 14.2 Å². The minimum Gasteiger partial charge on any atom is -0.479 e. The molecule has 90 valence electrons. The topological polar surface area (TPSA) is 40.0 Å². The highest BCUT2D eigenvalue weighted by atomic mass is 16.7. The van der Waals surface area contributed by atoms with Crippen molar-refractivity contribution in [1.82, 2.24) is 0 Å². The van der Waals surface area contributed by atoms with E-state index >= 15 is 0 Å². The van der Waals surface area contributed by atoms with Crippen LogP contribution in [-0.2, 0) is 4.74 Å². The number of rotatable bonds is 3. The molecular formula is C13H15NO3. The summed E-state index contributed by atoms with van der Waals surface area (Å²) in [6.45, 7) is 3.93. The smallest absolute Gasteiger partial charge is 0.231 e. The molecule has 1 atom stereocenters. The van der Waals surface area contributed by atoms with Gasteiger partial charge in [-0.2, -0.15) is 0 Å². The van der Waals surface area contributed by atoms with E-state index in [1.54, 1.807) is 0 Å². The van der Waals surface area contributed by atoms with Gasteiger partial charge in [-0.05, 0) is 24.1 Å². The molecule has 0 N–H and O–H groups in total. The van der Waals surface area contributed by atoms with Crippen molar-refractivity contribution in [3.05, 3.63) is 23.8 Å². The number of hydrogen-bond acceptors (Lipinski definition) is 4. The van der Waals surface area contributed by atoms with E-state index in [-0.39, 0.29) is 5.92 Å². The number of ether oxygens (including phenoxy) is 3. The van der Waals surface area contributed by atoms with E-state index in [2.05, 4.69) is 18.0 Å². The molecule has 1 unspecified atom stereocenters. The molecule has 4 nitrogen and oxygen atoms in total. The van der Waals surface area contributed by atoms with Crippen LogP contribution in [0.3, 0.4) is 0 Å². The quantitative estimate of drug-likeness (QED) is 0.804. The van der Waals surface area contributed by atoms with Gasteiger partial charge in [-0.1, -0.05) is 13.0 Å². The Morgan fingerprint density at radius 2 is 2.12 bits per heavy atom. The normalized spacial score (nSPS) is 18.8. The van der Waals surface area contributed by atoms with Crippen molar-refractivity contribution >= 4 is 5.90 Å². The predicted octanol–water partition coefficient (Wildman–Crippen LogP) is 2.34. The van der Waals surface area contributed by atoms with Crippen LogP contribution in [0, 0.1) is 0 Å². The molecule has 0 bridgehead atoms. The van der Waals surface area contributed by atoms with Gasteiger partial charge in [-0.25, -0.2) is 0 Å². The molecule has 0 aliphatic carbocycles. The Morgan fingerprint density at radius 3 is 2.88 bits per heavy atom. The number of aliphatic imine (C=N–C) groups is 1. The molecule has 2 aliphatic rings. The molecule has 0 saturated carbocycles. The molecule has 1 aromatic carbocycles. The summed E-state index contributed by atoms with van der Waals surface area (Å²) in [4.78, 5) is 4.40. The summed E-state index contributed by atoms with van der Waals surface area (Å²) in [5.41, 5.74) is 1.18. The molecule has 3 rings (SSSR count). The summed E-state index contributed by atoms with van der Waals surface area (Å²) in [6.07, 6.45) is 0.971. The third-order valence-electron chi connectivity index (χ3n) is 3.11. The van der Waals surface area contributed by atoms with Crippen molar-refractivity contribution in [3.8, 4) is 11.5 Å². The van der Waals surface area contributed by atoms with Gasteiger partial charge in [0.15, 0.2) is 17.4 Å². The predicted molar refractivity (Wildman–Crippen MR) is 63.9 cm³/mol. The lowest BCUT2D eigenvalue weighted by atomic mass is 9.96. The average Bonchev–Trinajstić information content (AvgIpc) is 2.99. The fraction of sp³-hybridized carbons (Fsp3) is 0.462. The van der Waals surface area contributed by atoms with Crippen molar-refractivity contribution in [2.24, 2.45) is 4.99 Å². The highest BCUT2D eigenvalue weighted by molar-refractivity contribution is 5.84. The van der Waals surface area contributed by atoms with Crippen LogP contribution in [0.2, 0.25) is 0 Å². The summed E-state index contributed by atoms with van der Waals surface area (Å²) in [6, 6.07) is 6.04. The number of benzene rings is 1. The van der Waals surface area contributed by atoms with E-state index < -0.39 is 0 Å². The summed E-state index contributed by atoms with van der Waals surface area (Å²) < 4.78 is 16.3. The summed E-state index contributed by atoms with van der Waals surface area (Å²) in [7, 11) is 0. The van der Waals surface area contributed by atoms with Crippen LogP contribution < -0.4 is 9.47 Å². The first-order valence-corrected chi connectivity index (χ1v) is 5.95. The van der Waals surface area contributed by atoms with Crippen LogP contribution in [0.25, 0.3) is 0 Å². The minimum absolute atomic E-state index is 0.229. The van der Waals surface area contributed by atoms with Crippen molar-refractivity contribution in [2.45, 2.75) is 19.3 Å². The first-order chi connectivity index (χ1) is 8.38. The van der Waals surface area contributed by atoms with Crippen molar-refractivity contribution < 1.29 is 14.2 Å². The van der Waals surface area contributed by atoms with Crippen LogP contribution in [0.5, 0.6) is 11.5 Å². The third-order valence-corrected chi connectivity index (χ3v) is 3.11. The third kappa shape index (κ3) is 1.84. The van der Waals surface area contributed by atoms with Crippen LogP contribution in [-0.4, -0.2) is 25.8 Å². The maximum Gasteiger partial charge on any atom is 0.231 e. The van der Waals surface area contributed by atoms with Crippen molar-refractivity contribution in [1.29, 1.82) is 0 Å². The van der Waals surface area contributed by atoms with Crippen LogP contribution in [0.4, 0.5) is 0 Å². The highest BCUT2D eigenvalue weighted by Crippen LogP contribution is 2.36. The molecule has 0 spiro atoms. The first-order valence-electron chi connectivity index (χ1n) is 5.95. The number of fused-ring (bicyclic) bond motifs is 1. The largest absolute Gasteiger partial charge is 0.479 e. The second-order valence-electron chi connectivity index (χ2n) is 4.14. The zero-order valence-corrected chi connectivity index (χ0v) is 9.81. The van der Waals surface area contributed by atoms with Gasteiger partial charge in [-0.15, -0.1) is 0 Å². The standard InChI is InChI=1S/C13H15NO3/c1-2-10(13-14-5-6-15-13)9-3-4-11-12(7-9)17-8-16-11/h3-4,7,10H,2,5-6,8H2,1H3. The highest BCUT2D eigenvalue weighted by Gasteiger charge is 2.23. The molecule has 0 fully saturated rings. The van der Waals surface area contributed by atoms with E-state index in [0.29, 0.717) is 13.4 Å². The van der Waals surface area contributed by atoms with Gasteiger partial charge in [0.1, 0.15) is 6.61 Å². The lowest BCUT2D eigenvalue weighted by Crippen LogP contribution is -2.12. The molecule has 0 aromatic heterocycles.